The molecule has 5 aromatic rings. The quantitative estimate of drug-likeness (QED) is 0.256. The summed E-state index contributed by atoms with van der Waals surface area (Å²) in [7, 11) is 1.62. The van der Waals surface area contributed by atoms with Crippen molar-refractivity contribution in [2.24, 2.45) is 7.05 Å². The van der Waals surface area contributed by atoms with Gasteiger partial charge in [-0.1, -0.05) is 12.1 Å². The Bertz CT molecular complexity index is 1950. The second kappa shape index (κ2) is 12.0. The van der Waals surface area contributed by atoms with Gasteiger partial charge < -0.3 is 24.8 Å². The van der Waals surface area contributed by atoms with Crippen LogP contribution in [0.15, 0.2) is 77.9 Å². The van der Waals surface area contributed by atoms with E-state index in [0.29, 0.717) is 41.2 Å². The molecule has 4 heterocycles. The van der Waals surface area contributed by atoms with Crippen LogP contribution < -0.4 is 21.1 Å². The Kier molecular flexibility index (Phi) is 7.94. The lowest BCUT2D eigenvalue weighted by Gasteiger charge is -2.27. The lowest BCUT2D eigenvalue weighted by Crippen LogP contribution is -2.36. The van der Waals surface area contributed by atoms with Crippen LogP contribution in [0.1, 0.15) is 21.5 Å². The molecule has 2 N–H and O–H groups in total. The molecular weight excluding hydrogens is 587 g/mol. The summed E-state index contributed by atoms with van der Waals surface area (Å²) in [6, 6.07) is 14.8. The molecule has 0 spiro atoms. The second-order valence-corrected chi connectivity index (χ2v) is 10.6. The molecule has 6 rings (SSSR count). The van der Waals surface area contributed by atoms with Gasteiger partial charge in [-0.05, 0) is 61.0 Å². The number of fused-ring (bicyclic) bond motifs is 1. The van der Waals surface area contributed by atoms with Gasteiger partial charge in [0, 0.05) is 48.5 Å². The zero-order valence-electron chi connectivity index (χ0n) is 24.4. The zero-order valence-corrected chi connectivity index (χ0v) is 24.4. The minimum Gasteiger partial charge on any atom is -0.378 e. The first kappa shape index (κ1) is 29.8. The van der Waals surface area contributed by atoms with Gasteiger partial charge in [-0.25, -0.2) is 15.0 Å². The summed E-state index contributed by atoms with van der Waals surface area (Å²) >= 11 is 0. The summed E-state index contributed by atoms with van der Waals surface area (Å²) in [5.41, 5.74) is 1.84. The molecule has 1 aliphatic rings. The average molecular weight is 616 g/mol. The molecule has 1 aliphatic heterocycles. The SMILES string of the molecule is Cc1ccc(NC(=O)c2cccc(C(F)(F)F)c2)cc1-c1cc2cnc(Nc3ccc(N4CCOCC4)nc3)nc2c(=O)n1C. The topological polar surface area (TPSA) is 114 Å². The van der Waals surface area contributed by atoms with E-state index in [2.05, 4.69) is 30.5 Å². The summed E-state index contributed by atoms with van der Waals surface area (Å²) in [5.74, 6) is 0.394. The van der Waals surface area contributed by atoms with Crippen molar-refractivity contribution in [3.05, 3.63) is 100 Å². The van der Waals surface area contributed by atoms with Crippen molar-refractivity contribution in [3.8, 4) is 11.3 Å². The van der Waals surface area contributed by atoms with Crippen molar-refractivity contribution in [3.63, 3.8) is 0 Å². The third kappa shape index (κ3) is 6.34. The highest BCUT2D eigenvalue weighted by atomic mass is 19.4. The minimum atomic E-state index is -4.57. The van der Waals surface area contributed by atoms with E-state index >= 15 is 0 Å². The number of amides is 1. The molecule has 10 nitrogen and oxygen atoms in total. The van der Waals surface area contributed by atoms with Crippen LogP contribution in [0.5, 0.6) is 0 Å². The Labute approximate surface area is 255 Å². The number of pyridine rings is 2. The van der Waals surface area contributed by atoms with E-state index in [9.17, 15) is 22.8 Å². The van der Waals surface area contributed by atoms with Crippen LogP contribution in [0.25, 0.3) is 22.2 Å². The number of hydrogen-bond acceptors (Lipinski definition) is 8. The summed E-state index contributed by atoms with van der Waals surface area (Å²) in [5, 5.41) is 6.27. The van der Waals surface area contributed by atoms with Crippen molar-refractivity contribution in [2.45, 2.75) is 13.1 Å². The number of nitrogens with zero attached hydrogens (tertiary/aromatic N) is 5. The van der Waals surface area contributed by atoms with Crippen LogP contribution in [0.2, 0.25) is 0 Å². The largest absolute Gasteiger partial charge is 0.416 e. The molecule has 0 unspecified atom stereocenters. The third-order valence-corrected chi connectivity index (χ3v) is 7.54. The maximum absolute atomic E-state index is 13.5. The van der Waals surface area contributed by atoms with Gasteiger partial charge in [0.15, 0.2) is 0 Å². The number of rotatable bonds is 6. The Morgan fingerprint density at radius 1 is 0.956 bits per heavy atom. The molecule has 0 saturated carbocycles. The predicted molar refractivity (Wildman–Crippen MR) is 165 cm³/mol. The Balaban J connectivity index is 1.25. The molecule has 13 heteroatoms. The maximum atomic E-state index is 13.5. The predicted octanol–water partition coefficient (Wildman–Crippen LogP) is 5.55. The van der Waals surface area contributed by atoms with E-state index in [4.69, 9.17) is 4.74 Å². The lowest BCUT2D eigenvalue weighted by molar-refractivity contribution is -0.137. The molecule has 0 radical (unpaired) electrons. The van der Waals surface area contributed by atoms with Crippen molar-refractivity contribution >= 4 is 40.0 Å². The first-order valence-electron chi connectivity index (χ1n) is 14.1. The molecule has 0 aliphatic carbocycles. The summed E-state index contributed by atoms with van der Waals surface area (Å²) in [4.78, 5) is 41.8. The monoisotopic (exact) mass is 615 g/mol. The first-order chi connectivity index (χ1) is 21.6. The number of ether oxygens (including phenoxy) is 1. The Morgan fingerprint density at radius 2 is 1.73 bits per heavy atom. The van der Waals surface area contributed by atoms with Crippen LogP contribution in [-0.2, 0) is 18.0 Å². The minimum absolute atomic E-state index is 0.129. The normalized spacial score (nSPS) is 13.6. The van der Waals surface area contributed by atoms with Crippen LogP contribution in [0.3, 0.4) is 0 Å². The molecule has 1 amide bonds. The van der Waals surface area contributed by atoms with E-state index < -0.39 is 17.6 Å². The molecule has 45 heavy (non-hydrogen) atoms. The third-order valence-electron chi connectivity index (χ3n) is 7.54. The first-order valence-corrected chi connectivity index (χ1v) is 14.1. The van der Waals surface area contributed by atoms with Crippen molar-refractivity contribution in [2.75, 3.05) is 41.8 Å². The van der Waals surface area contributed by atoms with Gasteiger partial charge in [-0.3, -0.25) is 9.59 Å². The van der Waals surface area contributed by atoms with Crippen molar-refractivity contribution < 1.29 is 22.7 Å². The molecule has 3 aromatic heterocycles. The number of nitrogens with one attached hydrogen (secondary N) is 2. The molecule has 0 bridgehead atoms. The van der Waals surface area contributed by atoms with Crippen LogP contribution in [0.4, 0.5) is 36.3 Å². The fourth-order valence-electron chi connectivity index (χ4n) is 5.08. The number of benzene rings is 2. The molecule has 1 saturated heterocycles. The molecule has 2 aromatic carbocycles. The van der Waals surface area contributed by atoms with Gasteiger partial charge >= 0.3 is 6.18 Å². The number of morpholine rings is 1. The van der Waals surface area contributed by atoms with E-state index in [1.807, 2.05) is 19.1 Å². The Hall–Kier alpha value is -5.30. The second-order valence-electron chi connectivity index (χ2n) is 10.6. The van der Waals surface area contributed by atoms with Gasteiger partial charge in [0.1, 0.15) is 11.3 Å². The lowest BCUT2D eigenvalue weighted by atomic mass is 10.0. The smallest absolute Gasteiger partial charge is 0.378 e. The van der Waals surface area contributed by atoms with E-state index in [-0.39, 0.29) is 22.6 Å². The van der Waals surface area contributed by atoms with E-state index in [0.717, 1.165) is 36.6 Å². The van der Waals surface area contributed by atoms with E-state index in [1.165, 1.54) is 16.7 Å². The Morgan fingerprint density at radius 3 is 2.47 bits per heavy atom. The molecule has 1 fully saturated rings. The highest BCUT2D eigenvalue weighted by molar-refractivity contribution is 6.04. The van der Waals surface area contributed by atoms with Gasteiger partial charge in [0.05, 0.1) is 36.4 Å². The maximum Gasteiger partial charge on any atom is 0.416 e. The highest BCUT2D eigenvalue weighted by Gasteiger charge is 2.31. The number of aryl methyl sites for hydroxylation is 1. The summed E-state index contributed by atoms with van der Waals surface area (Å²) in [6.07, 6.45) is -1.33. The highest BCUT2D eigenvalue weighted by Crippen LogP contribution is 2.31. The van der Waals surface area contributed by atoms with Gasteiger partial charge in [-0.2, -0.15) is 13.2 Å². The standard InChI is InChI=1S/C32H28F3N7O3/c1-19-6-7-23(38-29(43)20-4-3-5-22(14-20)32(33,34)35)16-25(19)26-15-21-17-37-31(40-28(21)30(44)41(26)2)39-24-8-9-27(36-18-24)42-10-12-45-13-11-42/h3-9,14-18H,10-13H2,1-2H3,(H,38,43)(H,37,39,40). The molecule has 230 valence electrons. The van der Waals surface area contributed by atoms with Crippen molar-refractivity contribution in [1.29, 1.82) is 0 Å². The summed E-state index contributed by atoms with van der Waals surface area (Å²) in [6.45, 7) is 4.72. The number of anilines is 4. The number of halogens is 3. The number of alkyl halides is 3. The van der Waals surface area contributed by atoms with Gasteiger partial charge in [-0.15, -0.1) is 0 Å². The summed E-state index contributed by atoms with van der Waals surface area (Å²) < 4.78 is 46.3. The zero-order chi connectivity index (χ0) is 31.7. The van der Waals surface area contributed by atoms with Crippen LogP contribution in [0, 0.1) is 6.92 Å². The van der Waals surface area contributed by atoms with Gasteiger partial charge in [0.2, 0.25) is 5.95 Å². The molecule has 0 atom stereocenters. The van der Waals surface area contributed by atoms with Crippen LogP contribution >= 0.6 is 0 Å². The van der Waals surface area contributed by atoms with E-state index in [1.54, 1.807) is 43.7 Å². The number of aromatic nitrogens is 4. The average Bonchev–Trinajstić information content (AvgIpc) is 3.04. The number of carbonyl (C=O) groups is 1. The number of carbonyl (C=O) groups excluding carboxylic acids is 1. The van der Waals surface area contributed by atoms with Gasteiger partial charge in [0.25, 0.3) is 11.5 Å². The fraction of sp³-hybridized carbons (Fsp3) is 0.219. The number of hydrogen-bond donors (Lipinski definition) is 2. The van der Waals surface area contributed by atoms with Crippen LogP contribution in [-0.4, -0.2) is 51.7 Å². The van der Waals surface area contributed by atoms with Crippen molar-refractivity contribution in [1.82, 2.24) is 19.5 Å². The fourth-order valence-corrected chi connectivity index (χ4v) is 5.08. The molecular formula is C32H28F3N7O3.